The summed E-state index contributed by atoms with van der Waals surface area (Å²) >= 11 is 1.34. The molecule has 8 heteroatoms. The molecule has 1 aromatic heterocycles. The van der Waals surface area contributed by atoms with E-state index in [1.54, 1.807) is 6.21 Å². The summed E-state index contributed by atoms with van der Waals surface area (Å²) in [5, 5.41) is 18.9. The predicted octanol–water partition coefficient (Wildman–Crippen LogP) is 5.66. The Morgan fingerprint density at radius 2 is 1.62 bits per heavy atom. The Balaban J connectivity index is 1.27. The first kappa shape index (κ1) is 24.3. The number of hydrogen-bond acceptors (Lipinski definition) is 6. The molecule has 0 aliphatic heterocycles. The highest BCUT2D eigenvalue weighted by molar-refractivity contribution is 8.00. The standard InChI is InChI=1S/C29H26N6OS/c1-21(28(36)33-31-19-22-16-17-23-10-8-9-11-24(23)18-22)37-29-34-32-27(20-30-25-12-4-2-5-13-25)35(29)26-14-6-3-7-15-26/h2-19,21,30H,20H2,1H3,(H,33,36). The van der Waals surface area contributed by atoms with Crippen LogP contribution in [0.15, 0.2) is 113 Å². The Kier molecular flexibility index (Phi) is 7.57. The van der Waals surface area contributed by atoms with Crippen LogP contribution in [0.1, 0.15) is 18.3 Å². The lowest BCUT2D eigenvalue weighted by molar-refractivity contribution is -0.120. The number of aromatic nitrogens is 3. The number of nitrogens with one attached hydrogen (secondary N) is 2. The molecule has 2 N–H and O–H groups in total. The van der Waals surface area contributed by atoms with Crippen molar-refractivity contribution in [2.45, 2.75) is 23.9 Å². The van der Waals surface area contributed by atoms with Crippen molar-refractivity contribution in [1.29, 1.82) is 0 Å². The number of para-hydroxylation sites is 2. The van der Waals surface area contributed by atoms with E-state index >= 15 is 0 Å². The summed E-state index contributed by atoms with van der Waals surface area (Å²) in [5.41, 5.74) is 5.50. The molecule has 7 nitrogen and oxygen atoms in total. The molecule has 0 spiro atoms. The fourth-order valence-electron chi connectivity index (χ4n) is 3.83. The highest BCUT2D eigenvalue weighted by Gasteiger charge is 2.21. The average molecular weight is 507 g/mol. The number of hydrogen-bond donors (Lipinski definition) is 2. The van der Waals surface area contributed by atoms with Crippen molar-refractivity contribution in [2.24, 2.45) is 5.10 Å². The summed E-state index contributed by atoms with van der Waals surface area (Å²) < 4.78 is 1.97. The van der Waals surface area contributed by atoms with Gasteiger partial charge in [-0.3, -0.25) is 9.36 Å². The third-order valence-corrected chi connectivity index (χ3v) is 6.80. The molecule has 0 saturated heterocycles. The van der Waals surface area contributed by atoms with E-state index in [1.807, 2.05) is 102 Å². The molecule has 0 radical (unpaired) electrons. The van der Waals surface area contributed by atoms with E-state index in [2.05, 4.69) is 38.2 Å². The quantitative estimate of drug-likeness (QED) is 0.153. The lowest BCUT2D eigenvalue weighted by Crippen LogP contribution is -2.27. The van der Waals surface area contributed by atoms with Gasteiger partial charge in [0.05, 0.1) is 18.0 Å². The number of thioether (sulfide) groups is 1. The van der Waals surface area contributed by atoms with Gasteiger partial charge in [0.2, 0.25) is 0 Å². The number of carbonyl (C=O) groups excluding carboxylic acids is 1. The van der Waals surface area contributed by atoms with Gasteiger partial charge >= 0.3 is 0 Å². The van der Waals surface area contributed by atoms with E-state index in [1.165, 1.54) is 11.8 Å². The first-order valence-electron chi connectivity index (χ1n) is 11.9. The summed E-state index contributed by atoms with van der Waals surface area (Å²) in [6.07, 6.45) is 1.65. The third kappa shape index (κ3) is 6.05. The summed E-state index contributed by atoms with van der Waals surface area (Å²) in [7, 11) is 0. The Morgan fingerprint density at radius 1 is 0.919 bits per heavy atom. The van der Waals surface area contributed by atoms with Crippen LogP contribution in [0.25, 0.3) is 16.5 Å². The van der Waals surface area contributed by atoms with Crippen LogP contribution in [0.4, 0.5) is 5.69 Å². The molecule has 1 heterocycles. The summed E-state index contributed by atoms with van der Waals surface area (Å²) in [6, 6.07) is 34.0. The van der Waals surface area contributed by atoms with E-state index in [9.17, 15) is 4.79 Å². The molecule has 1 atom stereocenters. The van der Waals surface area contributed by atoms with Crippen molar-refractivity contribution in [3.05, 3.63) is 115 Å². The maximum atomic E-state index is 12.8. The van der Waals surface area contributed by atoms with E-state index in [0.717, 1.165) is 33.5 Å². The molecule has 5 aromatic rings. The van der Waals surface area contributed by atoms with Crippen molar-refractivity contribution in [1.82, 2.24) is 20.2 Å². The van der Waals surface area contributed by atoms with Gasteiger partial charge in [-0.1, -0.05) is 84.6 Å². The fourth-order valence-corrected chi connectivity index (χ4v) is 4.71. The minimum Gasteiger partial charge on any atom is -0.378 e. The molecule has 4 aromatic carbocycles. The number of nitrogens with zero attached hydrogens (tertiary/aromatic N) is 4. The maximum Gasteiger partial charge on any atom is 0.253 e. The molecule has 1 unspecified atom stereocenters. The predicted molar refractivity (Wildman–Crippen MR) is 150 cm³/mol. The smallest absolute Gasteiger partial charge is 0.253 e. The third-order valence-electron chi connectivity index (χ3n) is 5.75. The van der Waals surface area contributed by atoms with E-state index < -0.39 is 5.25 Å². The van der Waals surface area contributed by atoms with Gasteiger partial charge in [-0.2, -0.15) is 5.10 Å². The van der Waals surface area contributed by atoms with Gasteiger partial charge < -0.3 is 5.32 Å². The van der Waals surface area contributed by atoms with Crippen molar-refractivity contribution < 1.29 is 4.79 Å². The Morgan fingerprint density at radius 3 is 2.41 bits per heavy atom. The van der Waals surface area contributed by atoms with Gasteiger partial charge in [0.25, 0.3) is 5.91 Å². The van der Waals surface area contributed by atoms with Crippen molar-refractivity contribution >= 4 is 40.3 Å². The fraction of sp³-hybridized carbons (Fsp3) is 0.103. The number of benzene rings is 4. The minimum atomic E-state index is -0.435. The molecule has 5 rings (SSSR count). The summed E-state index contributed by atoms with van der Waals surface area (Å²) in [4.78, 5) is 12.8. The zero-order chi connectivity index (χ0) is 25.5. The van der Waals surface area contributed by atoms with Gasteiger partial charge in [-0.05, 0) is 53.6 Å². The van der Waals surface area contributed by atoms with Gasteiger partial charge in [0.15, 0.2) is 11.0 Å². The number of rotatable bonds is 9. The zero-order valence-electron chi connectivity index (χ0n) is 20.3. The van der Waals surface area contributed by atoms with Gasteiger partial charge in [-0.15, -0.1) is 10.2 Å². The van der Waals surface area contributed by atoms with E-state index in [0.29, 0.717) is 11.7 Å². The maximum absolute atomic E-state index is 12.8. The Hall–Kier alpha value is -4.43. The van der Waals surface area contributed by atoms with Crippen LogP contribution < -0.4 is 10.7 Å². The molecular formula is C29H26N6OS. The van der Waals surface area contributed by atoms with Crippen LogP contribution in [-0.2, 0) is 11.3 Å². The molecule has 0 fully saturated rings. The summed E-state index contributed by atoms with van der Waals surface area (Å²) in [5.74, 6) is 0.535. The number of amides is 1. The van der Waals surface area contributed by atoms with Crippen LogP contribution in [0.2, 0.25) is 0 Å². The van der Waals surface area contributed by atoms with Gasteiger partial charge in [0.1, 0.15) is 0 Å². The first-order valence-corrected chi connectivity index (χ1v) is 12.8. The van der Waals surface area contributed by atoms with Crippen LogP contribution in [0.5, 0.6) is 0 Å². The second-order valence-electron chi connectivity index (χ2n) is 8.39. The summed E-state index contributed by atoms with van der Waals surface area (Å²) in [6.45, 7) is 2.32. The molecule has 1 amide bonds. The average Bonchev–Trinajstić information content (AvgIpc) is 3.35. The molecule has 0 saturated carbocycles. The number of fused-ring (bicyclic) bond motifs is 1. The monoisotopic (exact) mass is 506 g/mol. The number of hydrazone groups is 1. The molecular weight excluding hydrogens is 480 g/mol. The topological polar surface area (TPSA) is 84.2 Å². The lowest BCUT2D eigenvalue weighted by Gasteiger charge is -2.13. The zero-order valence-corrected chi connectivity index (χ0v) is 21.1. The molecule has 0 aliphatic carbocycles. The van der Waals surface area contributed by atoms with Crippen LogP contribution in [0, 0.1) is 0 Å². The van der Waals surface area contributed by atoms with Crippen LogP contribution in [0.3, 0.4) is 0 Å². The molecule has 0 bridgehead atoms. The largest absolute Gasteiger partial charge is 0.378 e. The molecule has 37 heavy (non-hydrogen) atoms. The normalized spacial score (nSPS) is 12.0. The van der Waals surface area contributed by atoms with Crippen molar-refractivity contribution in [3.8, 4) is 5.69 Å². The SMILES string of the molecule is CC(Sc1nnc(CNc2ccccc2)n1-c1ccccc1)C(=O)NN=Cc1ccc2ccccc2c1. The molecule has 0 aliphatic rings. The van der Waals surface area contributed by atoms with Crippen LogP contribution in [-0.4, -0.2) is 32.1 Å². The highest BCUT2D eigenvalue weighted by Crippen LogP contribution is 2.26. The van der Waals surface area contributed by atoms with Gasteiger partial charge in [0, 0.05) is 11.4 Å². The first-order chi connectivity index (χ1) is 18.2. The minimum absolute atomic E-state index is 0.214. The van der Waals surface area contributed by atoms with Crippen molar-refractivity contribution in [3.63, 3.8) is 0 Å². The Bertz CT molecular complexity index is 1520. The van der Waals surface area contributed by atoms with Gasteiger partial charge in [-0.25, -0.2) is 5.43 Å². The number of anilines is 1. The highest BCUT2D eigenvalue weighted by atomic mass is 32.2. The van der Waals surface area contributed by atoms with E-state index in [-0.39, 0.29) is 5.91 Å². The van der Waals surface area contributed by atoms with E-state index in [4.69, 9.17) is 0 Å². The Labute approximate surface area is 219 Å². The second kappa shape index (κ2) is 11.5. The lowest BCUT2D eigenvalue weighted by atomic mass is 10.1. The van der Waals surface area contributed by atoms with Crippen molar-refractivity contribution in [2.75, 3.05) is 5.32 Å². The molecule has 184 valence electrons. The van der Waals surface area contributed by atoms with Crippen LogP contribution >= 0.6 is 11.8 Å². The second-order valence-corrected chi connectivity index (χ2v) is 9.70. The number of carbonyl (C=O) groups is 1.